The second-order valence-electron chi connectivity index (χ2n) is 3.85. The Bertz CT molecular complexity index is 449. The monoisotopic (exact) mass is 236 g/mol. The van der Waals surface area contributed by atoms with Crippen LogP contribution < -0.4 is 4.74 Å². The lowest BCUT2D eigenvalue weighted by Gasteiger charge is -2.11. The number of carbonyl (C=O) groups excluding carboxylic acids is 2. The zero-order valence-corrected chi connectivity index (χ0v) is 10.5. The first-order valence-corrected chi connectivity index (χ1v) is 5.27. The number of ether oxygens (including phenoxy) is 2. The molecule has 0 amide bonds. The molecule has 0 fully saturated rings. The van der Waals surface area contributed by atoms with E-state index in [0.29, 0.717) is 11.3 Å². The Hall–Kier alpha value is -1.84. The van der Waals surface area contributed by atoms with Crippen LogP contribution in [0.5, 0.6) is 5.75 Å². The van der Waals surface area contributed by atoms with Gasteiger partial charge in [0.1, 0.15) is 5.75 Å². The molecule has 0 bridgehead atoms. The third-order valence-corrected chi connectivity index (χ3v) is 2.55. The molecule has 0 N–H and O–H groups in total. The molecule has 0 atom stereocenters. The molecule has 0 aromatic heterocycles. The number of hydrogen-bond donors (Lipinski definition) is 0. The van der Waals surface area contributed by atoms with Gasteiger partial charge in [-0.3, -0.25) is 4.79 Å². The largest absolute Gasteiger partial charge is 0.481 e. The van der Waals surface area contributed by atoms with E-state index in [1.165, 1.54) is 14.0 Å². The summed E-state index contributed by atoms with van der Waals surface area (Å²) in [5, 5.41) is 0. The maximum Gasteiger partial charge on any atom is 0.343 e. The molecule has 0 radical (unpaired) electrons. The fourth-order valence-corrected chi connectivity index (χ4v) is 1.38. The minimum atomic E-state index is -0.474. The Balaban J connectivity index is 3.00. The first-order valence-electron chi connectivity index (χ1n) is 5.27. The molecule has 0 aliphatic carbocycles. The summed E-state index contributed by atoms with van der Waals surface area (Å²) in [5.74, 6) is -0.142. The Morgan fingerprint density at radius 1 is 1.18 bits per heavy atom. The fourth-order valence-electron chi connectivity index (χ4n) is 1.38. The second kappa shape index (κ2) is 5.48. The van der Waals surface area contributed by atoms with Crippen molar-refractivity contribution in [2.24, 2.45) is 0 Å². The lowest BCUT2D eigenvalue weighted by molar-refractivity contribution is -0.142. The van der Waals surface area contributed by atoms with E-state index >= 15 is 0 Å². The maximum atomic E-state index is 11.4. The van der Waals surface area contributed by atoms with Crippen molar-refractivity contribution in [3.05, 3.63) is 28.8 Å². The van der Waals surface area contributed by atoms with Crippen LogP contribution in [0.25, 0.3) is 0 Å². The lowest BCUT2D eigenvalue weighted by atomic mass is 10.0. The van der Waals surface area contributed by atoms with Gasteiger partial charge in [-0.2, -0.15) is 0 Å². The van der Waals surface area contributed by atoms with Crippen LogP contribution in [0.15, 0.2) is 12.1 Å². The normalized spacial score (nSPS) is 9.88. The van der Waals surface area contributed by atoms with Crippen molar-refractivity contribution in [3.8, 4) is 5.75 Å². The van der Waals surface area contributed by atoms with Crippen molar-refractivity contribution in [3.63, 3.8) is 0 Å². The number of esters is 1. The van der Waals surface area contributed by atoms with E-state index in [0.717, 1.165) is 11.1 Å². The molecule has 4 heteroatoms. The fraction of sp³-hybridized carbons (Fsp3) is 0.385. The number of ketones is 1. The standard InChI is InChI=1S/C13H16O4/c1-8-5-11(10(3)14)12(6-9(8)2)17-7-13(15)16-4/h5-6H,7H2,1-4H3. The number of rotatable bonds is 4. The highest BCUT2D eigenvalue weighted by atomic mass is 16.6. The van der Waals surface area contributed by atoms with E-state index in [4.69, 9.17) is 4.74 Å². The van der Waals surface area contributed by atoms with Crippen LogP contribution in [-0.4, -0.2) is 25.5 Å². The SMILES string of the molecule is COC(=O)COc1cc(C)c(C)cc1C(C)=O. The molecule has 1 aromatic carbocycles. The van der Waals surface area contributed by atoms with Crippen LogP contribution in [-0.2, 0) is 9.53 Å². The van der Waals surface area contributed by atoms with Gasteiger partial charge in [0.2, 0.25) is 0 Å². The first kappa shape index (κ1) is 13.2. The van der Waals surface area contributed by atoms with Crippen molar-refractivity contribution in [2.75, 3.05) is 13.7 Å². The van der Waals surface area contributed by atoms with Crippen LogP contribution in [0.2, 0.25) is 0 Å². The van der Waals surface area contributed by atoms with Crippen molar-refractivity contribution in [2.45, 2.75) is 20.8 Å². The van der Waals surface area contributed by atoms with Gasteiger partial charge in [0.15, 0.2) is 12.4 Å². The van der Waals surface area contributed by atoms with Gasteiger partial charge in [0, 0.05) is 0 Å². The van der Waals surface area contributed by atoms with E-state index in [-0.39, 0.29) is 12.4 Å². The van der Waals surface area contributed by atoms with E-state index < -0.39 is 5.97 Å². The molecule has 1 aromatic rings. The molecular formula is C13H16O4. The van der Waals surface area contributed by atoms with E-state index in [1.54, 1.807) is 12.1 Å². The average Bonchev–Trinajstić information content (AvgIpc) is 2.29. The van der Waals surface area contributed by atoms with Crippen LogP contribution in [0.4, 0.5) is 0 Å². The van der Waals surface area contributed by atoms with Crippen LogP contribution >= 0.6 is 0 Å². The van der Waals surface area contributed by atoms with Crippen molar-refractivity contribution in [1.82, 2.24) is 0 Å². The van der Waals surface area contributed by atoms with Crippen molar-refractivity contribution >= 4 is 11.8 Å². The summed E-state index contributed by atoms with van der Waals surface area (Å²) in [7, 11) is 1.29. The molecule has 0 spiro atoms. The Kier molecular flexibility index (Phi) is 4.26. The van der Waals surface area contributed by atoms with Gasteiger partial charge in [-0.1, -0.05) is 0 Å². The summed E-state index contributed by atoms with van der Waals surface area (Å²) < 4.78 is 9.77. The van der Waals surface area contributed by atoms with Gasteiger partial charge >= 0.3 is 5.97 Å². The van der Waals surface area contributed by atoms with Gasteiger partial charge in [-0.05, 0) is 44.0 Å². The van der Waals surface area contributed by atoms with E-state index in [9.17, 15) is 9.59 Å². The quantitative estimate of drug-likeness (QED) is 0.593. The maximum absolute atomic E-state index is 11.4. The van der Waals surface area contributed by atoms with E-state index in [2.05, 4.69) is 4.74 Å². The zero-order valence-electron chi connectivity index (χ0n) is 10.5. The molecule has 0 saturated heterocycles. The van der Waals surface area contributed by atoms with Gasteiger partial charge < -0.3 is 9.47 Å². The van der Waals surface area contributed by atoms with Crippen molar-refractivity contribution in [1.29, 1.82) is 0 Å². The number of hydrogen-bond acceptors (Lipinski definition) is 4. The Labute approximate surface area is 101 Å². The summed E-state index contributed by atoms with van der Waals surface area (Å²) in [6.07, 6.45) is 0. The lowest BCUT2D eigenvalue weighted by Crippen LogP contribution is -2.14. The minimum absolute atomic E-state index is 0.0898. The molecule has 0 aliphatic heterocycles. The van der Waals surface area contributed by atoms with Gasteiger partial charge in [0.05, 0.1) is 12.7 Å². The highest BCUT2D eigenvalue weighted by molar-refractivity contribution is 5.97. The molecule has 0 saturated carbocycles. The minimum Gasteiger partial charge on any atom is -0.481 e. The smallest absolute Gasteiger partial charge is 0.343 e. The molecule has 0 unspecified atom stereocenters. The molecule has 17 heavy (non-hydrogen) atoms. The number of benzene rings is 1. The summed E-state index contributed by atoms with van der Waals surface area (Å²) in [4.78, 5) is 22.4. The molecule has 1 rings (SSSR count). The van der Waals surface area contributed by atoms with Gasteiger partial charge in [-0.25, -0.2) is 4.79 Å². The zero-order chi connectivity index (χ0) is 13.0. The Morgan fingerprint density at radius 3 is 2.29 bits per heavy atom. The number of aryl methyl sites for hydroxylation is 2. The average molecular weight is 236 g/mol. The molecular weight excluding hydrogens is 220 g/mol. The van der Waals surface area contributed by atoms with Crippen LogP contribution in [0.1, 0.15) is 28.4 Å². The topological polar surface area (TPSA) is 52.6 Å². The molecule has 92 valence electrons. The summed E-state index contributed by atoms with van der Waals surface area (Å²) in [5.41, 5.74) is 2.51. The third-order valence-electron chi connectivity index (χ3n) is 2.55. The third kappa shape index (κ3) is 3.31. The Morgan fingerprint density at radius 2 is 1.76 bits per heavy atom. The highest BCUT2D eigenvalue weighted by Gasteiger charge is 2.12. The summed E-state index contributed by atoms with van der Waals surface area (Å²) in [6.45, 7) is 5.12. The van der Waals surface area contributed by atoms with Crippen molar-refractivity contribution < 1.29 is 19.1 Å². The van der Waals surface area contributed by atoms with Crippen LogP contribution in [0.3, 0.4) is 0 Å². The number of carbonyl (C=O) groups is 2. The van der Waals surface area contributed by atoms with Crippen LogP contribution in [0, 0.1) is 13.8 Å². The number of methoxy groups -OCH3 is 1. The summed E-state index contributed by atoms with van der Waals surface area (Å²) >= 11 is 0. The first-order chi connectivity index (χ1) is 7.95. The molecule has 0 aliphatic rings. The predicted molar refractivity (Wildman–Crippen MR) is 63.4 cm³/mol. The predicted octanol–water partition coefficient (Wildman–Crippen LogP) is 2.06. The molecule has 4 nitrogen and oxygen atoms in total. The summed E-state index contributed by atoms with van der Waals surface area (Å²) in [6, 6.07) is 3.53. The van der Waals surface area contributed by atoms with E-state index in [1.807, 2.05) is 13.8 Å². The van der Waals surface area contributed by atoms with Gasteiger partial charge in [0.25, 0.3) is 0 Å². The number of Topliss-reactive ketones (excluding diaryl/α,β-unsaturated/α-hetero) is 1. The highest BCUT2D eigenvalue weighted by Crippen LogP contribution is 2.23. The second-order valence-corrected chi connectivity index (χ2v) is 3.85. The molecule has 0 heterocycles. The van der Waals surface area contributed by atoms with Gasteiger partial charge in [-0.15, -0.1) is 0 Å².